The Morgan fingerprint density at radius 1 is 1.08 bits per heavy atom. The fourth-order valence-electron chi connectivity index (χ4n) is 4.50. The highest BCUT2D eigenvalue weighted by Gasteiger charge is 2.48. The number of aliphatic hydroxyl groups excluding tert-OH is 1. The number of rotatable bonds is 4. The van der Waals surface area contributed by atoms with Gasteiger partial charge in [0.25, 0.3) is 0 Å². The van der Waals surface area contributed by atoms with Gasteiger partial charge in [-0.15, -0.1) is 0 Å². The largest absolute Gasteiger partial charge is 0.387 e. The lowest BCUT2D eigenvalue weighted by atomic mass is 9.93. The highest BCUT2D eigenvalue weighted by molar-refractivity contribution is 5.24. The second kappa shape index (κ2) is 6.74. The Kier molecular flexibility index (Phi) is 4.45. The van der Waals surface area contributed by atoms with Crippen molar-refractivity contribution in [3.05, 3.63) is 83.7 Å². The van der Waals surface area contributed by atoms with Crippen LogP contribution in [0.2, 0.25) is 0 Å². The Balaban J connectivity index is 1.63. The van der Waals surface area contributed by atoms with E-state index in [0.717, 1.165) is 32.2 Å². The maximum absolute atomic E-state index is 13.6. The van der Waals surface area contributed by atoms with Crippen molar-refractivity contribution in [3.8, 4) is 0 Å². The third-order valence-electron chi connectivity index (χ3n) is 5.83. The average Bonchev–Trinajstić information content (AvgIpc) is 3.24. The van der Waals surface area contributed by atoms with Gasteiger partial charge in [-0.05, 0) is 48.9 Å². The smallest absolute Gasteiger partial charge is 0.123 e. The number of halogens is 1. The third kappa shape index (κ3) is 3.14. The maximum Gasteiger partial charge on any atom is 0.123 e. The Bertz CT molecular complexity index is 750. The van der Waals surface area contributed by atoms with E-state index in [-0.39, 0.29) is 17.4 Å². The topological polar surface area (TPSA) is 23.5 Å². The zero-order valence-corrected chi connectivity index (χ0v) is 14.3. The minimum absolute atomic E-state index is 0.0157. The summed E-state index contributed by atoms with van der Waals surface area (Å²) in [6.07, 6.45) is 7.93. The second-order valence-corrected chi connectivity index (χ2v) is 7.32. The number of benzene rings is 2. The molecule has 1 aliphatic heterocycles. The minimum atomic E-state index is -0.667. The summed E-state index contributed by atoms with van der Waals surface area (Å²) in [5, 5.41) is 11.0. The van der Waals surface area contributed by atoms with Gasteiger partial charge in [0.05, 0.1) is 6.10 Å². The van der Waals surface area contributed by atoms with Crippen LogP contribution in [0.5, 0.6) is 0 Å². The fraction of sp³-hybridized carbons (Fsp3) is 0.364. The molecular formula is C22H24FNO. The summed E-state index contributed by atoms with van der Waals surface area (Å²) in [6, 6.07) is 16.8. The summed E-state index contributed by atoms with van der Waals surface area (Å²) in [5.74, 6) is -0.290. The van der Waals surface area contributed by atoms with Crippen molar-refractivity contribution in [3.63, 3.8) is 0 Å². The Morgan fingerprint density at radius 3 is 2.56 bits per heavy atom. The quantitative estimate of drug-likeness (QED) is 0.824. The Hall–Kier alpha value is -1.97. The van der Waals surface area contributed by atoms with Gasteiger partial charge in [0, 0.05) is 18.1 Å². The molecule has 1 heterocycles. The van der Waals surface area contributed by atoms with Crippen LogP contribution in [0.1, 0.15) is 42.9 Å². The first-order valence-corrected chi connectivity index (χ1v) is 9.07. The van der Waals surface area contributed by atoms with Crippen molar-refractivity contribution in [2.75, 3.05) is 0 Å². The molecule has 0 aromatic heterocycles. The number of aliphatic hydroxyl groups is 1. The number of hydrogen-bond acceptors (Lipinski definition) is 2. The van der Waals surface area contributed by atoms with Gasteiger partial charge in [0.2, 0.25) is 0 Å². The average molecular weight is 337 g/mol. The lowest BCUT2D eigenvalue weighted by Gasteiger charge is -2.40. The predicted molar refractivity (Wildman–Crippen MR) is 97.5 cm³/mol. The van der Waals surface area contributed by atoms with E-state index in [9.17, 15) is 9.50 Å². The number of hydrogen-bond donors (Lipinski definition) is 1. The molecule has 1 spiro atoms. The van der Waals surface area contributed by atoms with Crippen LogP contribution in [0.3, 0.4) is 0 Å². The second-order valence-electron chi connectivity index (χ2n) is 7.32. The standard InChI is InChI=1S/C22H24FNO/c23-19-10-6-9-18(15-19)21(25)20-11-14-22(12-4-5-13-22)24(20)16-17-7-2-1-3-8-17/h1-10,15,20-21,25H,11-14,16H2/t20?,21-/m1/s1. The molecule has 4 rings (SSSR count). The molecule has 2 nitrogen and oxygen atoms in total. The summed E-state index contributed by atoms with van der Waals surface area (Å²) < 4.78 is 13.6. The molecule has 0 radical (unpaired) electrons. The molecule has 1 unspecified atom stereocenters. The van der Waals surface area contributed by atoms with Gasteiger partial charge >= 0.3 is 0 Å². The molecule has 1 saturated heterocycles. The van der Waals surface area contributed by atoms with Crippen molar-refractivity contribution in [1.29, 1.82) is 0 Å². The van der Waals surface area contributed by atoms with Crippen LogP contribution in [0.15, 0.2) is 66.7 Å². The number of likely N-dealkylation sites (tertiary alicyclic amines) is 1. The Labute approximate surface area is 148 Å². The van der Waals surface area contributed by atoms with Crippen molar-refractivity contribution in [2.45, 2.75) is 49.9 Å². The number of nitrogens with zero attached hydrogens (tertiary/aromatic N) is 1. The van der Waals surface area contributed by atoms with Gasteiger partial charge in [0.15, 0.2) is 0 Å². The monoisotopic (exact) mass is 337 g/mol. The zero-order valence-electron chi connectivity index (χ0n) is 14.3. The maximum atomic E-state index is 13.6. The minimum Gasteiger partial charge on any atom is -0.387 e. The van der Waals surface area contributed by atoms with E-state index in [2.05, 4.69) is 41.3 Å². The van der Waals surface area contributed by atoms with Gasteiger partial charge in [-0.1, -0.05) is 54.6 Å². The molecule has 1 fully saturated rings. The van der Waals surface area contributed by atoms with Crippen molar-refractivity contribution < 1.29 is 9.50 Å². The molecule has 0 saturated carbocycles. The molecular weight excluding hydrogens is 313 g/mol. The van der Waals surface area contributed by atoms with Gasteiger partial charge in [-0.25, -0.2) is 4.39 Å². The van der Waals surface area contributed by atoms with Crippen molar-refractivity contribution in [1.82, 2.24) is 4.90 Å². The molecule has 2 aromatic rings. The molecule has 2 aliphatic rings. The van der Waals surface area contributed by atoms with Crippen LogP contribution in [0.25, 0.3) is 0 Å². The van der Waals surface area contributed by atoms with E-state index in [1.54, 1.807) is 6.07 Å². The molecule has 0 bridgehead atoms. The van der Waals surface area contributed by atoms with Crippen molar-refractivity contribution >= 4 is 0 Å². The van der Waals surface area contributed by atoms with E-state index < -0.39 is 6.10 Å². The van der Waals surface area contributed by atoms with Crippen LogP contribution < -0.4 is 0 Å². The summed E-state index contributed by atoms with van der Waals surface area (Å²) in [5.41, 5.74) is 2.03. The molecule has 3 heteroatoms. The van der Waals surface area contributed by atoms with Crippen LogP contribution >= 0.6 is 0 Å². The molecule has 130 valence electrons. The first kappa shape index (κ1) is 16.5. The SMILES string of the molecule is O[C@H](c1cccc(F)c1)C1CCC2(CC=CC2)N1Cc1ccccc1. The van der Waals surface area contributed by atoms with Gasteiger partial charge < -0.3 is 5.11 Å². The zero-order chi connectivity index (χ0) is 17.3. The Morgan fingerprint density at radius 2 is 1.84 bits per heavy atom. The van der Waals surface area contributed by atoms with E-state index in [0.29, 0.717) is 5.56 Å². The third-order valence-corrected chi connectivity index (χ3v) is 5.83. The molecule has 0 amide bonds. The van der Waals surface area contributed by atoms with Crippen LogP contribution in [-0.2, 0) is 6.54 Å². The van der Waals surface area contributed by atoms with Gasteiger partial charge in [-0.3, -0.25) is 4.90 Å². The van der Waals surface area contributed by atoms with Crippen LogP contribution in [0.4, 0.5) is 4.39 Å². The molecule has 2 aromatic carbocycles. The summed E-state index contributed by atoms with van der Waals surface area (Å²) in [7, 11) is 0. The van der Waals surface area contributed by atoms with Gasteiger partial charge in [-0.2, -0.15) is 0 Å². The fourth-order valence-corrected chi connectivity index (χ4v) is 4.50. The highest BCUT2D eigenvalue weighted by atomic mass is 19.1. The summed E-state index contributed by atoms with van der Waals surface area (Å²) >= 11 is 0. The molecule has 1 N–H and O–H groups in total. The van der Waals surface area contributed by atoms with E-state index in [4.69, 9.17) is 0 Å². The van der Waals surface area contributed by atoms with E-state index in [1.165, 1.54) is 17.7 Å². The normalized spacial score (nSPS) is 23.4. The lowest BCUT2D eigenvalue weighted by molar-refractivity contribution is 0.0189. The van der Waals surface area contributed by atoms with E-state index >= 15 is 0 Å². The van der Waals surface area contributed by atoms with Crippen molar-refractivity contribution in [2.24, 2.45) is 0 Å². The van der Waals surface area contributed by atoms with Crippen LogP contribution in [-0.4, -0.2) is 21.6 Å². The van der Waals surface area contributed by atoms with Gasteiger partial charge in [0.1, 0.15) is 5.82 Å². The first-order chi connectivity index (χ1) is 12.2. The lowest BCUT2D eigenvalue weighted by Crippen LogP contribution is -2.47. The highest BCUT2D eigenvalue weighted by Crippen LogP contribution is 2.46. The van der Waals surface area contributed by atoms with E-state index in [1.807, 2.05) is 12.1 Å². The summed E-state index contributed by atoms with van der Waals surface area (Å²) in [4.78, 5) is 2.47. The molecule has 1 aliphatic carbocycles. The molecule has 25 heavy (non-hydrogen) atoms. The summed E-state index contributed by atoms with van der Waals surface area (Å²) in [6.45, 7) is 0.819. The first-order valence-electron chi connectivity index (χ1n) is 9.07. The predicted octanol–water partition coefficient (Wildman–Crippen LogP) is 4.61. The van der Waals surface area contributed by atoms with Crippen LogP contribution in [0, 0.1) is 5.82 Å². The molecule has 2 atom stereocenters.